The summed E-state index contributed by atoms with van der Waals surface area (Å²) in [6, 6.07) is 0.805. The van der Waals surface area contributed by atoms with Crippen LogP contribution in [-0.2, 0) is 4.79 Å². The van der Waals surface area contributed by atoms with Crippen molar-refractivity contribution in [2.45, 2.75) is 71.0 Å². The smallest absolute Gasteiger partial charge is 0.237 e. The predicted octanol–water partition coefficient (Wildman–Crippen LogP) is 2.10. The van der Waals surface area contributed by atoms with Gasteiger partial charge >= 0.3 is 0 Å². The molecule has 1 N–H and O–H groups in total. The van der Waals surface area contributed by atoms with Gasteiger partial charge in [0.2, 0.25) is 5.91 Å². The molecule has 1 amide bonds. The molecule has 3 fully saturated rings. The fraction of sp³-hybridized carbons (Fsp3) is 0.944. The van der Waals surface area contributed by atoms with Crippen LogP contribution in [0.3, 0.4) is 0 Å². The maximum absolute atomic E-state index is 12.5. The number of carbonyl (C=O) groups is 1. The Morgan fingerprint density at radius 3 is 2.77 bits per heavy atom. The molecule has 4 unspecified atom stereocenters. The van der Waals surface area contributed by atoms with Crippen molar-refractivity contribution in [3.63, 3.8) is 0 Å². The first-order chi connectivity index (χ1) is 10.4. The highest BCUT2D eigenvalue weighted by atomic mass is 16.2. The zero-order chi connectivity index (χ0) is 15.9. The lowest BCUT2D eigenvalue weighted by molar-refractivity contribution is -0.127. The standard InChI is InChI=1S/C18H33N3O/c1-5-18(3,4)19-17(22)13(2)21-11-14-10-20-9-7-6-8-16(20)15(14)12-21/h13-16H,5-12H2,1-4H3,(H,19,22). The SMILES string of the molecule is CCC(C)(C)NC(=O)C(C)N1CC2CN3CCCCC3C2C1. The van der Waals surface area contributed by atoms with Crippen molar-refractivity contribution < 1.29 is 4.79 Å². The molecule has 3 heterocycles. The van der Waals surface area contributed by atoms with Gasteiger partial charge in [-0.1, -0.05) is 13.3 Å². The molecule has 0 aromatic carbocycles. The number of carbonyl (C=O) groups excluding carboxylic acids is 1. The van der Waals surface area contributed by atoms with E-state index in [1.807, 2.05) is 0 Å². The fourth-order valence-corrected chi connectivity index (χ4v) is 4.60. The summed E-state index contributed by atoms with van der Waals surface area (Å²) in [7, 11) is 0. The molecule has 0 spiro atoms. The Bertz CT molecular complexity index is 423. The van der Waals surface area contributed by atoms with Gasteiger partial charge in [-0.25, -0.2) is 0 Å². The third-order valence-corrected chi connectivity index (χ3v) is 6.42. The number of nitrogens with zero attached hydrogens (tertiary/aromatic N) is 2. The average Bonchev–Trinajstić information content (AvgIpc) is 3.03. The maximum Gasteiger partial charge on any atom is 0.237 e. The molecule has 0 radical (unpaired) electrons. The summed E-state index contributed by atoms with van der Waals surface area (Å²) < 4.78 is 0. The number of hydrogen-bond acceptors (Lipinski definition) is 3. The van der Waals surface area contributed by atoms with Gasteiger partial charge in [-0.3, -0.25) is 14.6 Å². The van der Waals surface area contributed by atoms with Gasteiger partial charge in [0.05, 0.1) is 6.04 Å². The van der Waals surface area contributed by atoms with Crippen molar-refractivity contribution in [3.05, 3.63) is 0 Å². The maximum atomic E-state index is 12.5. The second-order valence-corrected chi connectivity index (χ2v) is 8.34. The third-order valence-electron chi connectivity index (χ3n) is 6.42. The van der Waals surface area contributed by atoms with Crippen LogP contribution in [0.4, 0.5) is 0 Å². The Morgan fingerprint density at radius 2 is 2.05 bits per heavy atom. The normalized spacial score (nSPS) is 34.3. The Labute approximate surface area is 135 Å². The van der Waals surface area contributed by atoms with Crippen molar-refractivity contribution in [3.8, 4) is 0 Å². The van der Waals surface area contributed by atoms with Crippen LogP contribution in [0.5, 0.6) is 0 Å². The Morgan fingerprint density at radius 1 is 1.27 bits per heavy atom. The molecule has 0 aromatic heterocycles. The van der Waals surface area contributed by atoms with E-state index in [4.69, 9.17) is 0 Å². The highest BCUT2D eigenvalue weighted by Crippen LogP contribution is 2.40. The van der Waals surface area contributed by atoms with Crippen LogP contribution in [-0.4, -0.2) is 59.5 Å². The van der Waals surface area contributed by atoms with Gasteiger partial charge in [-0.05, 0) is 58.4 Å². The molecule has 3 aliphatic heterocycles. The highest BCUT2D eigenvalue weighted by molar-refractivity contribution is 5.82. The van der Waals surface area contributed by atoms with Crippen molar-refractivity contribution in [1.82, 2.24) is 15.1 Å². The second-order valence-electron chi connectivity index (χ2n) is 8.34. The van der Waals surface area contributed by atoms with Gasteiger partial charge < -0.3 is 5.32 Å². The van der Waals surface area contributed by atoms with Crippen LogP contribution in [0.15, 0.2) is 0 Å². The molecule has 126 valence electrons. The summed E-state index contributed by atoms with van der Waals surface area (Å²) in [5, 5.41) is 3.21. The number of piperidine rings is 1. The molecular weight excluding hydrogens is 274 g/mol. The van der Waals surface area contributed by atoms with E-state index in [1.165, 1.54) is 32.4 Å². The number of rotatable bonds is 4. The summed E-state index contributed by atoms with van der Waals surface area (Å²) in [5.41, 5.74) is -0.0961. The van der Waals surface area contributed by atoms with E-state index in [-0.39, 0.29) is 17.5 Å². The van der Waals surface area contributed by atoms with Gasteiger partial charge in [-0.15, -0.1) is 0 Å². The molecular formula is C18H33N3O. The van der Waals surface area contributed by atoms with E-state index in [2.05, 4.69) is 42.8 Å². The van der Waals surface area contributed by atoms with Gasteiger partial charge in [0.25, 0.3) is 0 Å². The zero-order valence-corrected chi connectivity index (χ0v) is 14.8. The van der Waals surface area contributed by atoms with Crippen LogP contribution in [0.25, 0.3) is 0 Å². The Balaban J connectivity index is 1.58. The largest absolute Gasteiger partial charge is 0.350 e. The summed E-state index contributed by atoms with van der Waals surface area (Å²) in [6.07, 6.45) is 5.11. The first-order valence-electron chi connectivity index (χ1n) is 9.21. The zero-order valence-electron chi connectivity index (χ0n) is 14.8. The highest BCUT2D eigenvalue weighted by Gasteiger charge is 2.48. The van der Waals surface area contributed by atoms with E-state index in [1.54, 1.807) is 0 Å². The Hall–Kier alpha value is -0.610. The lowest BCUT2D eigenvalue weighted by atomic mass is 9.90. The molecule has 3 saturated heterocycles. The van der Waals surface area contributed by atoms with Crippen LogP contribution >= 0.6 is 0 Å². The molecule has 0 bridgehead atoms. The average molecular weight is 307 g/mol. The number of nitrogens with one attached hydrogen (secondary N) is 1. The van der Waals surface area contributed by atoms with Crippen molar-refractivity contribution in [2.24, 2.45) is 11.8 Å². The monoisotopic (exact) mass is 307 g/mol. The topological polar surface area (TPSA) is 35.6 Å². The third kappa shape index (κ3) is 3.05. The number of hydrogen-bond donors (Lipinski definition) is 1. The minimum atomic E-state index is -0.0961. The molecule has 4 heteroatoms. The fourth-order valence-electron chi connectivity index (χ4n) is 4.60. The van der Waals surface area contributed by atoms with Gasteiger partial charge in [0.1, 0.15) is 0 Å². The van der Waals surface area contributed by atoms with E-state index in [9.17, 15) is 4.79 Å². The number of fused-ring (bicyclic) bond motifs is 3. The molecule has 3 rings (SSSR count). The molecule has 0 aromatic rings. The summed E-state index contributed by atoms with van der Waals surface area (Å²) in [6.45, 7) is 13.2. The lowest BCUT2D eigenvalue weighted by Crippen LogP contribution is -2.52. The summed E-state index contributed by atoms with van der Waals surface area (Å²) >= 11 is 0. The van der Waals surface area contributed by atoms with Gasteiger partial charge in [0.15, 0.2) is 0 Å². The Kier molecular flexibility index (Phi) is 4.52. The molecule has 0 saturated carbocycles. The van der Waals surface area contributed by atoms with Crippen LogP contribution < -0.4 is 5.32 Å². The van der Waals surface area contributed by atoms with Crippen LogP contribution in [0, 0.1) is 11.8 Å². The molecule has 4 nitrogen and oxygen atoms in total. The predicted molar refractivity (Wildman–Crippen MR) is 89.7 cm³/mol. The van der Waals surface area contributed by atoms with Crippen molar-refractivity contribution >= 4 is 5.91 Å². The number of likely N-dealkylation sites (tertiary alicyclic amines) is 1. The molecule has 0 aliphatic carbocycles. The first kappa shape index (κ1) is 16.3. The van der Waals surface area contributed by atoms with E-state index in [0.717, 1.165) is 37.4 Å². The van der Waals surface area contributed by atoms with Gasteiger partial charge in [-0.2, -0.15) is 0 Å². The van der Waals surface area contributed by atoms with Crippen molar-refractivity contribution in [2.75, 3.05) is 26.2 Å². The van der Waals surface area contributed by atoms with E-state index < -0.39 is 0 Å². The van der Waals surface area contributed by atoms with Crippen LogP contribution in [0.1, 0.15) is 53.4 Å². The summed E-state index contributed by atoms with van der Waals surface area (Å²) in [4.78, 5) is 17.7. The first-order valence-corrected chi connectivity index (χ1v) is 9.21. The molecule has 3 aliphatic rings. The molecule has 22 heavy (non-hydrogen) atoms. The van der Waals surface area contributed by atoms with Crippen molar-refractivity contribution in [1.29, 1.82) is 0 Å². The van der Waals surface area contributed by atoms with E-state index in [0.29, 0.717) is 0 Å². The van der Waals surface area contributed by atoms with Crippen LogP contribution in [0.2, 0.25) is 0 Å². The minimum absolute atomic E-state index is 0.00784. The minimum Gasteiger partial charge on any atom is -0.350 e. The second kappa shape index (κ2) is 6.12. The lowest BCUT2D eigenvalue weighted by Gasteiger charge is -2.34. The van der Waals surface area contributed by atoms with E-state index >= 15 is 0 Å². The molecule has 4 atom stereocenters. The van der Waals surface area contributed by atoms with Gasteiger partial charge in [0, 0.05) is 31.2 Å². The number of amides is 1. The summed E-state index contributed by atoms with van der Waals surface area (Å²) in [5.74, 6) is 1.79. The quantitative estimate of drug-likeness (QED) is 0.864.